The second-order valence-electron chi connectivity index (χ2n) is 6.44. The van der Waals surface area contributed by atoms with Crippen LogP contribution in [-0.2, 0) is 0 Å². The third-order valence-electron chi connectivity index (χ3n) is 3.73. The molecule has 0 amide bonds. The van der Waals surface area contributed by atoms with E-state index < -0.39 is 8.07 Å². The lowest BCUT2D eigenvalue weighted by Gasteiger charge is -2.22. The molecule has 1 heteroatoms. The molecule has 84 valence electrons. The molecule has 0 nitrogen and oxygen atoms in total. The molecular weight excluding hydrogens is 196 g/mol. The van der Waals surface area contributed by atoms with Gasteiger partial charge in [0.1, 0.15) is 0 Å². The highest BCUT2D eigenvalue weighted by Gasteiger charge is 2.28. The van der Waals surface area contributed by atoms with E-state index in [1.807, 2.05) is 0 Å². The highest BCUT2D eigenvalue weighted by atomic mass is 28.3. The minimum absolute atomic E-state index is 0.784. The lowest BCUT2D eigenvalue weighted by atomic mass is 9.88. The SMILES string of the molecule is CC1C(C[Si](C)(C)C)=CC2=C1CCCC2. The average molecular weight is 220 g/mol. The highest BCUT2D eigenvalue weighted by molar-refractivity contribution is 6.76. The van der Waals surface area contributed by atoms with E-state index in [1.165, 1.54) is 31.7 Å². The summed E-state index contributed by atoms with van der Waals surface area (Å²) in [6.45, 7) is 9.88. The molecule has 0 saturated carbocycles. The van der Waals surface area contributed by atoms with Gasteiger partial charge in [0.2, 0.25) is 0 Å². The summed E-state index contributed by atoms with van der Waals surface area (Å²) in [5.41, 5.74) is 5.25. The number of rotatable bonds is 2. The Balaban J connectivity index is 2.13. The molecule has 0 heterocycles. The first-order valence-corrected chi connectivity index (χ1v) is 10.1. The summed E-state index contributed by atoms with van der Waals surface area (Å²) in [5.74, 6) is 0.784. The topological polar surface area (TPSA) is 0 Å². The molecule has 0 aliphatic heterocycles. The molecule has 0 fully saturated rings. The Morgan fingerprint density at radius 2 is 1.87 bits per heavy atom. The molecule has 0 bridgehead atoms. The Kier molecular flexibility index (Phi) is 2.93. The van der Waals surface area contributed by atoms with Crippen molar-refractivity contribution >= 4 is 8.07 Å². The summed E-state index contributed by atoms with van der Waals surface area (Å²) in [6, 6.07) is 1.40. The molecule has 0 aromatic carbocycles. The van der Waals surface area contributed by atoms with Crippen molar-refractivity contribution in [3.63, 3.8) is 0 Å². The van der Waals surface area contributed by atoms with Crippen molar-refractivity contribution in [1.82, 2.24) is 0 Å². The fourth-order valence-corrected chi connectivity index (χ4v) is 4.63. The average Bonchev–Trinajstić information content (AvgIpc) is 2.42. The van der Waals surface area contributed by atoms with Crippen molar-refractivity contribution in [3.8, 4) is 0 Å². The second kappa shape index (κ2) is 3.93. The Morgan fingerprint density at radius 3 is 2.47 bits per heavy atom. The van der Waals surface area contributed by atoms with Crippen molar-refractivity contribution in [3.05, 3.63) is 22.8 Å². The van der Waals surface area contributed by atoms with Gasteiger partial charge in [0.05, 0.1) is 0 Å². The van der Waals surface area contributed by atoms with E-state index >= 15 is 0 Å². The first kappa shape index (κ1) is 11.2. The monoisotopic (exact) mass is 220 g/mol. The van der Waals surface area contributed by atoms with Gasteiger partial charge >= 0.3 is 0 Å². The number of allylic oxidation sites excluding steroid dienone is 4. The van der Waals surface area contributed by atoms with Crippen LogP contribution in [0.5, 0.6) is 0 Å². The minimum atomic E-state index is -0.923. The molecule has 0 radical (unpaired) electrons. The van der Waals surface area contributed by atoms with Crippen molar-refractivity contribution in [2.24, 2.45) is 5.92 Å². The number of hydrogen-bond acceptors (Lipinski definition) is 0. The maximum atomic E-state index is 2.55. The van der Waals surface area contributed by atoms with Crippen molar-refractivity contribution in [2.75, 3.05) is 0 Å². The minimum Gasteiger partial charge on any atom is -0.0693 e. The number of hydrogen-bond donors (Lipinski definition) is 0. The molecule has 0 saturated heterocycles. The summed E-state index contributed by atoms with van der Waals surface area (Å²) >= 11 is 0. The Bertz CT molecular complexity index is 315. The van der Waals surface area contributed by atoms with Crippen LogP contribution in [0.4, 0.5) is 0 Å². The van der Waals surface area contributed by atoms with Crippen molar-refractivity contribution in [2.45, 2.75) is 58.3 Å². The van der Waals surface area contributed by atoms with E-state index in [1.54, 1.807) is 16.7 Å². The van der Waals surface area contributed by atoms with Crippen LogP contribution in [0.1, 0.15) is 32.6 Å². The van der Waals surface area contributed by atoms with Gasteiger partial charge in [0.15, 0.2) is 0 Å². The zero-order chi connectivity index (χ0) is 11.1. The van der Waals surface area contributed by atoms with E-state index in [0.29, 0.717) is 0 Å². The lowest BCUT2D eigenvalue weighted by molar-refractivity contribution is 0.636. The Hall–Kier alpha value is -0.303. The van der Waals surface area contributed by atoms with Crippen LogP contribution < -0.4 is 0 Å². The molecule has 0 aromatic heterocycles. The van der Waals surface area contributed by atoms with Crippen molar-refractivity contribution < 1.29 is 0 Å². The second-order valence-corrected chi connectivity index (χ2v) is 11.9. The maximum Gasteiger partial charge on any atom is 0.0483 e. The molecule has 0 spiro atoms. The molecule has 1 unspecified atom stereocenters. The van der Waals surface area contributed by atoms with Crippen molar-refractivity contribution in [1.29, 1.82) is 0 Å². The summed E-state index contributed by atoms with van der Waals surface area (Å²) in [7, 11) is -0.923. The predicted octanol–water partition coefficient (Wildman–Crippen LogP) is 4.77. The molecular formula is C14H24Si. The third-order valence-corrected chi connectivity index (χ3v) is 5.20. The van der Waals surface area contributed by atoms with Crippen LogP contribution in [0.15, 0.2) is 22.8 Å². The van der Waals surface area contributed by atoms with Crippen LogP contribution in [0.3, 0.4) is 0 Å². The van der Waals surface area contributed by atoms with E-state index in [-0.39, 0.29) is 0 Å². The first-order valence-electron chi connectivity index (χ1n) is 6.40. The molecule has 2 aliphatic rings. The first-order chi connectivity index (χ1) is 6.97. The maximum absolute atomic E-state index is 2.55. The normalized spacial score (nSPS) is 26.7. The van der Waals surface area contributed by atoms with Gasteiger partial charge in [-0.1, -0.05) is 43.8 Å². The molecule has 1 atom stereocenters. The van der Waals surface area contributed by atoms with Gasteiger partial charge < -0.3 is 0 Å². The summed E-state index contributed by atoms with van der Waals surface area (Å²) in [4.78, 5) is 0. The fourth-order valence-electron chi connectivity index (χ4n) is 3.00. The van der Waals surface area contributed by atoms with Crippen LogP contribution in [-0.4, -0.2) is 8.07 Å². The van der Waals surface area contributed by atoms with Gasteiger partial charge in [-0.2, -0.15) is 0 Å². The van der Waals surface area contributed by atoms with E-state index in [9.17, 15) is 0 Å². The zero-order valence-electron chi connectivity index (χ0n) is 10.7. The van der Waals surface area contributed by atoms with Crippen LogP contribution in [0, 0.1) is 5.92 Å². The summed E-state index contributed by atoms with van der Waals surface area (Å²) in [5, 5.41) is 0. The molecule has 2 aliphatic carbocycles. The van der Waals surface area contributed by atoms with Gasteiger partial charge in [-0.05, 0) is 43.2 Å². The smallest absolute Gasteiger partial charge is 0.0483 e. The predicted molar refractivity (Wildman–Crippen MR) is 70.9 cm³/mol. The standard InChI is InChI=1S/C14H24Si/c1-11-13(10-15(2,3)4)9-12-7-5-6-8-14(11)12/h9,11H,5-8,10H2,1-4H3. The molecule has 0 N–H and O–H groups in total. The van der Waals surface area contributed by atoms with Gasteiger partial charge in [-0.25, -0.2) is 0 Å². The third kappa shape index (κ3) is 2.44. The molecule has 2 rings (SSSR count). The summed E-state index contributed by atoms with van der Waals surface area (Å²) < 4.78 is 0. The lowest BCUT2D eigenvalue weighted by Crippen LogP contribution is -2.21. The van der Waals surface area contributed by atoms with Gasteiger partial charge in [0, 0.05) is 8.07 Å². The molecule has 15 heavy (non-hydrogen) atoms. The van der Waals surface area contributed by atoms with E-state index in [2.05, 4.69) is 32.6 Å². The van der Waals surface area contributed by atoms with Gasteiger partial charge in [-0.3, -0.25) is 0 Å². The highest BCUT2D eigenvalue weighted by Crippen LogP contribution is 2.42. The Morgan fingerprint density at radius 1 is 1.20 bits per heavy atom. The van der Waals surface area contributed by atoms with Gasteiger partial charge in [0.25, 0.3) is 0 Å². The zero-order valence-corrected chi connectivity index (χ0v) is 11.7. The van der Waals surface area contributed by atoms with E-state index in [0.717, 1.165) is 5.92 Å². The Labute approximate surface area is 95.5 Å². The molecule has 0 aromatic rings. The fraction of sp³-hybridized carbons (Fsp3) is 0.714. The van der Waals surface area contributed by atoms with Crippen LogP contribution >= 0.6 is 0 Å². The van der Waals surface area contributed by atoms with E-state index in [4.69, 9.17) is 0 Å². The van der Waals surface area contributed by atoms with Crippen LogP contribution in [0.25, 0.3) is 0 Å². The quantitative estimate of drug-likeness (QED) is 0.588. The largest absolute Gasteiger partial charge is 0.0693 e. The summed E-state index contributed by atoms with van der Waals surface area (Å²) in [6.07, 6.45) is 8.13. The van der Waals surface area contributed by atoms with Crippen LogP contribution in [0.2, 0.25) is 25.7 Å². The van der Waals surface area contributed by atoms with Gasteiger partial charge in [-0.15, -0.1) is 0 Å².